The van der Waals surface area contributed by atoms with Gasteiger partial charge in [0.1, 0.15) is 0 Å². The number of sulfonamides is 1. The predicted octanol–water partition coefficient (Wildman–Crippen LogP) is 1.56. The van der Waals surface area contributed by atoms with Gasteiger partial charge < -0.3 is 5.32 Å². The topological polar surface area (TPSA) is 75.3 Å². The van der Waals surface area contributed by atoms with E-state index in [2.05, 4.69) is 26.0 Å². The van der Waals surface area contributed by atoms with Gasteiger partial charge in [-0.2, -0.15) is 0 Å². The molecule has 20 heavy (non-hydrogen) atoms. The number of rotatable bonds is 6. The van der Waals surface area contributed by atoms with Crippen molar-refractivity contribution in [3.05, 3.63) is 28.2 Å². The van der Waals surface area contributed by atoms with E-state index in [4.69, 9.17) is 0 Å². The molecule has 2 N–H and O–H groups in total. The maximum absolute atomic E-state index is 12.2. The Bertz CT molecular complexity index is 612. The Morgan fingerprint density at radius 3 is 2.70 bits per heavy atom. The van der Waals surface area contributed by atoms with Gasteiger partial charge >= 0.3 is 0 Å². The zero-order valence-electron chi connectivity index (χ0n) is 11.1. The van der Waals surface area contributed by atoms with Gasteiger partial charge in [0.05, 0.1) is 4.90 Å². The Labute approximate surface area is 127 Å². The van der Waals surface area contributed by atoms with Crippen LogP contribution in [0.5, 0.6) is 0 Å². The summed E-state index contributed by atoms with van der Waals surface area (Å²) < 4.78 is 27.5. The van der Waals surface area contributed by atoms with Gasteiger partial charge in [-0.3, -0.25) is 4.79 Å². The molecule has 110 valence electrons. The molecule has 0 spiro atoms. The number of hydrogen-bond donors (Lipinski definition) is 2. The zero-order chi connectivity index (χ0) is 14.8. The summed E-state index contributed by atoms with van der Waals surface area (Å²) in [5.74, 6) is 0.154. The second kappa shape index (κ2) is 6.24. The maximum atomic E-state index is 12.2. The third kappa shape index (κ3) is 4.04. The van der Waals surface area contributed by atoms with E-state index in [0.29, 0.717) is 16.6 Å². The molecule has 0 aliphatic heterocycles. The number of carbonyl (C=O) groups is 1. The van der Waals surface area contributed by atoms with Crippen molar-refractivity contribution in [3.63, 3.8) is 0 Å². The van der Waals surface area contributed by atoms with Gasteiger partial charge in [0.25, 0.3) is 0 Å². The van der Waals surface area contributed by atoms with Crippen LogP contribution in [-0.2, 0) is 14.8 Å². The molecule has 7 heteroatoms. The van der Waals surface area contributed by atoms with Crippen LogP contribution in [-0.4, -0.2) is 27.4 Å². The largest absolute Gasteiger partial charge is 0.355 e. The SMILES string of the molecule is Cc1ccc(Br)cc1S(=O)(=O)NCCNC(=O)C1CC1. The standard InChI is InChI=1S/C13H17BrN2O3S/c1-9-2-5-11(14)8-12(9)20(18,19)16-7-6-15-13(17)10-3-4-10/h2,5,8,10,16H,3-4,6-7H2,1H3,(H,15,17). The summed E-state index contributed by atoms with van der Waals surface area (Å²) in [6, 6.07) is 5.11. The van der Waals surface area contributed by atoms with Crippen molar-refractivity contribution in [1.29, 1.82) is 0 Å². The summed E-state index contributed by atoms with van der Waals surface area (Å²) in [5, 5.41) is 2.72. The molecule has 0 aromatic heterocycles. The Hall–Kier alpha value is -0.920. The fourth-order valence-electron chi connectivity index (χ4n) is 1.80. The molecule has 0 heterocycles. The fraction of sp³-hybridized carbons (Fsp3) is 0.462. The van der Waals surface area contributed by atoms with Crippen molar-refractivity contribution in [2.45, 2.75) is 24.7 Å². The van der Waals surface area contributed by atoms with Crippen LogP contribution in [0.15, 0.2) is 27.6 Å². The molecular weight excluding hydrogens is 344 g/mol. The van der Waals surface area contributed by atoms with E-state index in [0.717, 1.165) is 12.8 Å². The molecule has 1 amide bonds. The minimum absolute atomic E-state index is 0.0165. The van der Waals surface area contributed by atoms with E-state index >= 15 is 0 Å². The minimum atomic E-state index is -3.55. The Kier molecular flexibility index (Phi) is 4.82. The minimum Gasteiger partial charge on any atom is -0.355 e. The highest BCUT2D eigenvalue weighted by atomic mass is 79.9. The van der Waals surface area contributed by atoms with Crippen LogP contribution in [0.2, 0.25) is 0 Å². The molecule has 1 saturated carbocycles. The molecule has 0 radical (unpaired) electrons. The molecule has 1 aromatic carbocycles. The zero-order valence-corrected chi connectivity index (χ0v) is 13.6. The van der Waals surface area contributed by atoms with Crippen molar-refractivity contribution in [3.8, 4) is 0 Å². The number of carbonyl (C=O) groups excluding carboxylic acids is 1. The Morgan fingerprint density at radius 2 is 2.05 bits per heavy atom. The monoisotopic (exact) mass is 360 g/mol. The van der Waals surface area contributed by atoms with Crippen molar-refractivity contribution < 1.29 is 13.2 Å². The lowest BCUT2D eigenvalue weighted by Crippen LogP contribution is -2.35. The molecule has 1 fully saturated rings. The molecule has 0 bridgehead atoms. The molecule has 2 rings (SSSR count). The van der Waals surface area contributed by atoms with Crippen LogP contribution in [0.1, 0.15) is 18.4 Å². The van der Waals surface area contributed by atoms with E-state index in [9.17, 15) is 13.2 Å². The number of halogens is 1. The van der Waals surface area contributed by atoms with Crippen LogP contribution >= 0.6 is 15.9 Å². The van der Waals surface area contributed by atoms with Gasteiger partial charge in [-0.1, -0.05) is 22.0 Å². The first-order valence-corrected chi connectivity index (χ1v) is 8.71. The van der Waals surface area contributed by atoms with Gasteiger partial charge in [-0.15, -0.1) is 0 Å². The highest BCUT2D eigenvalue weighted by Gasteiger charge is 2.29. The smallest absolute Gasteiger partial charge is 0.240 e. The maximum Gasteiger partial charge on any atom is 0.240 e. The first kappa shape index (κ1) is 15.5. The third-order valence-corrected chi connectivity index (χ3v) is 5.20. The molecule has 1 aliphatic carbocycles. The molecule has 0 atom stereocenters. The number of benzene rings is 1. The Morgan fingerprint density at radius 1 is 1.35 bits per heavy atom. The number of nitrogens with one attached hydrogen (secondary N) is 2. The van der Waals surface area contributed by atoms with Crippen LogP contribution in [0.25, 0.3) is 0 Å². The van der Waals surface area contributed by atoms with Crippen LogP contribution in [0.3, 0.4) is 0 Å². The quantitative estimate of drug-likeness (QED) is 0.756. The molecule has 1 aliphatic rings. The van der Waals surface area contributed by atoms with E-state index in [-0.39, 0.29) is 23.3 Å². The second-order valence-electron chi connectivity index (χ2n) is 4.87. The van der Waals surface area contributed by atoms with Crippen molar-refractivity contribution >= 4 is 31.9 Å². The first-order chi connectivity index (χ1) is 9.40. The number of aryl methyl sites for hydroxylation is 1. The van der Waals surface area contributed by atoms with Crippen LogP contribution in [0, 0.1) is 12.8 Å². The average Bonchev–Trinajstić information content (AvgIpc) is 3.21. The van der Waals surface area contributed by atoms with E-state index in [1.807, 2.05) is 0 Å². The van der Waals surface area contributed by atoms with Crippen LogP contribution < -0.4 is 10.0 Å². The van der Waals surface area contributed by atoms with Crippen molar-refractivity contribution in [1.82, 2.24) is 10.0 Å². The summed E-state index contributed by atoms with van der Waals surface area (Å²) in [4.78, 5) is 11.7. The van der Waals surface area contributed by atoms with Gasteiger partial charge in [-0.25, -0.2) is 13.1 Å². The highest BCUT2D eigenvalue weighted by molar-refractivity contribution is 9.10. The molecule has 5 nitrogen and oxygen atoms in total. The summed E-state index contributed by atoms with van der Waals surface area (Å²) >= 11 is 3.26. The van der Waals surface area contributed by atoms with Crippen molar-refractivity contribution in [2.24, 2.45) is 5.92 Å². The average molecular weight is 361 g/mol. The van der Waals surface area contributed by atoms with E-state index < -0.39 is 10.0 Å². The van der Waals surface area contributed by atoms with E-state index in [1.165, 1.54) is 0 Å². The lowest BCUT2D eigenvalue weighted by atomic mass is 10.2. The molecule has 1 aromatic rings. The van der Waals surface area contributed by atoms with Gasteiger partial charge in [-0.05, 0) is 37.5 Å². The lowest BCUT2D eigenvalue weighted by molar-refractivity contribution is -0.122. The second-order valence-corrected chi connectivity index (χ2v) is 7.52. The highest BCUT2D eigenvalue weighted by Crippen LogP contribution is 2.28. The fourth-order valence-corrected chi connectivity index (χ4v) is 3.62. The summed E-state index contributed by atoms with van der Waals surface area (Å²) in [7, 11) is -3.55. The Balaban J connectivity index is 1.90. The molecule has 0 unspecified atom stereocenters. The summed E-state index contributed by atoms with van der Waals surface area (Å²) in [5.41, 5.74) is 0.683. The number of amides is 1. The van der Waals surface area contributed by atoms with Gasteiger partial charge in [0.15, 0.2) is 0 Å². The molecular formula is C13H17BrN2O3S. The lowest BCUT2D eigenvalue weighted by Gasteiger charge is -2.10. The predicted molar refractivity (Wildman–Crippen MR) is 79.8 cm³/mol. The third-order valence-electron chi connectivity index (χ3n) is 3.10. The van der Waals surface area contributed by atoms with Gasteiger partial charge in [0, 0.05) is 23.5 Å². The van der Waals surface area contributed by atoms with Gasteiger partial charge in [0.2, 0.25) is 15.9 Å². The summed E-state index contributed by atoms with van der Waals surface area (Å²) in [6.07, 6.45) is 1.88. The first-order valence-electron chi connectivity index (χ1n) is 6.44. The van der Waals surface area contributed by atoms with Crippen LogP contribution in [0.4, 0.5) is 0 Å². The van der Waals surface area contributed by atoms with Crippen molar-refractivity contribution in [2.75, 3.05) is 13.1 Å². The number of hydrogen-bond acceptors (Lipinski definition) is 3. The summed E-state index contributed by atoms with van der Waals surface area (Å²) in [6.45, 7) is 2.24. The van der Waals surface area contributed by atoms with E-state index in [1.54, 1.807) is 25.1 Å². The molecule has 0 saturated heterocycles. The normalized spacial score (nSPS) is 15.1.